The van der Waals surface area contributed by atoms with Gasteiger partial charge in [-0.2, -0.15) is 17.6 Å². The van der Waals surface area contributed by atoms with Crippen LogP contribution in [-0.4, -0.2) is 55.1 Å². The molecule has 5 nitrogen and oxygen atoms in total. The summed E-state index contributed by atoms with van der Waals surface area (Å²) in [6, 6.07) is 16.1. The summed E-state index contributed by atoms with van der Waals surface area (Å²) in [7, 11) is 0. The Hall–Kier alpha value is -3.08. The van der Waals surface area contributed by atoms with Crippen LogP contribution < -0.4 is 9.47 Å². The van der Waals surface area contributed by atoms with Gasteiger partial charge >= 0.3 is 13.2 Å². The first-order valence-corrected chi connectivity index (χ1v) is 14.5. The molecule has 1 heterocycles. The summed E-state index contributed by atoms with van der Waals surface area (Å²) in [5, 5.41) is 2.10. The number of unbranched alkanes of at least 4 members (excludes halogenated alkanes) is 1. The van der Waals surface area contributed by atoms with Gasteiger partial charge in [0.1, 0.15) is 16.4 Å². The van der Waals surface area contributed by atoms with Crippen LogP contribution in [0.4, 0.5) is 17.6 Å². The summed E-state index contributed by atoms with van der Waals surface area (Å²) in [5.74, 6) is -1.19. The van der Waals surface area contributed by atoms with Gasteiger partial charge in [0.05, 0.1) is 10.4 Å². The number of amides is 1. The fourth-order valence-corrected chi connectivity index (χ4v) is 6.32. The van der Waals surface area contributed by atoms with Crippen LogP contribution in [0, 0.1) is 0 Å². The maximum absolute atomic E-state index is 13.9. The summed E-state index contributed by atoms with van der Waals surface area (Å²) in [5.41, 5.74) is 0.923. The van der Waals surface area contributed by atoms with Crippen molar-refractivity contribution in [3.05, 3.63) is 70.1 Å². The number of carbonyl (C=O) groups excluding carboxylic acids is 1. The van der Waals surface area contributed by atoms with Gasteiger partial charge in [-0.1, -0.05) is 61.8 Å². The topological polar surface area (TPSA) is 42.0 Å². The van der Waals surface area contributed by atoms with E-state index in [0.29, 0.717) is 13.1 Å². The lowest BCUT2D eigenvalue weighted by Crippen LogP contribution is -2.32. The molecule has 0 spiro atoms. The van der Waals surface area contributed by atoms with Crippen molar-refractivity contribution < 1.29 is 31.8 Å². The lowest BCUT2D eigenvalue weighted by molar-refractivity contribution is -0.0535. The van der Waals surface area contributed by atoms with Crippen LogP contribution >= 0.6 is 22.9 Å². The van der Waals surface area contributed by atoms with E-state index in [9.17, 15) is 22.4 Å². The SMILES string of the molecule is CCN(CC)CCCCN(Cc1ccc2ccccc2c1)C(=O)c1sc2cc(OC(F)F)cc(OC(F)F)c2c1Cl. The number of thiophene rings is 1. The van der Waals surface area contributed by atoms with Gasteiger partial charge in [-0.05, 0) is 60.9 Å². The highest BCUT2D eigenvalue weighted by Crippen LogP contribution is 2.44. The van der Waals surface area contributed by atoms with Gasteiger partial charge in [0, 0.05) is 23.9 Å². The molecule has 4 aromatic rings. The third-order valence-electron chi connectivity index (χ3n) is 6.83. The average Bonchev–Trinajstić information content (AvgIpc) is 3.27. The summed E-state index contributed by atoms with van der Waals surface area (Å²) in [6.45, 7) is 1.33. The number of carbonyl (C=O) groups is 1. The molecule has 0 aliphatic heterocycles. The van der Waals surface area contributed by atoms with E-state index in [2.05, 4.69) is 28.2 Å². The van der Waals surface area contributed by atoms with E-state index in [1.54, 1.807) is 4.90 Å². The van der Waals surface area contributed by atoms with Gasteiger partial charge in [0.25, 0.3) is 5.91 Å². The van der Waals surface area contributed by atoms with Gasteiger partial charge in [-0.3, -0.25) is 4.79 Å². The molecule has 11 heteroatoms. The van der Waals surface area contributed by atoms with Crippen molar-refractivity contribution in [1.29, 1.82) is 0 Å². The second-order valence-electron chi connectivity index (χ2n) is 9.44. The number of hydrogen-bond acceptors (Lipinski definition) is 5. The Balaban J connectivity index is 1.67. The Morgan fingerprint density at radius 1 is 0.902 bits per heavy atom. The zero-order valence-electron chi connectivity index (χ0n) is 22.7. The Morgan fingerprint density at radius 2 is 1.59 bits per heavy atom. The fourth-order valence-electron chi connectivity index (χ4n) is 4.76. The van der Waals surface area contributed by atoms with E-state index in [1.807, 2.05) is 42.5 Å². The third-order valence-corrected chi connectivity index (χ3v) is 8.44. The predicted octanol–water partition coefficient (Wildman–Crippen LogP) is 8.68. The first-order valence-electron chi connectivity index (χ1n) is 13.3. The largest absolute Gasteiger partial charge is 0.435 e. The number of ether oxygens (including phenoxy) is 2. The molecule has 4 rings (SSSR count). The third kappa shape index (κ3) is 7.81. The second kappa shape index (κ2) is 14.2. The second-order valence-corrected chi connectivity index (χ2v) is 10.9. The quantitative estimate of drug-likeness (QED) is 0.106. The highest BCUT2D eigenvalue weighted by Gasteiger charge is 2.26. The molecule has 0 fully saturated rings. The molecule has 0 atom stereocenters. The van der Waals surface area contributed by atoms with Gasteiger partial charge in [0.2, 0.25) is 0 Å². The Labute approximate surface area is 245 Å². The Morgan fingerprint density at radius 3 is 2.27 bits per heavy atom. The zero-order chi connectivity index (χ0) is 29.5. The minimum absolute atomic E-state index is 0.0501. The molecule has 0 aliphatic rings. The van der Waals surface area contributed by atoms with Crippen LogP contribution in [0.3, 0.4) is 0 Å². The van der Waals surface area contributed by atoms with Gasteiger partial charge in [-0.15, -0.1) is 11.3 Å². The van der Waals surface area contributed by atoms with Crippen LogP contribution in [0.5, 0.6) is 11.5 Å². The molecule has 0 N–H and O–H groups in total. The summed E-state index contributed by atoms with van der Waals surface area (Å²) in [6.07, 6.45) is 1.62. The van der Waals surface area contributed by atoms with Crippen molar-refractivity contribution in [2.75, 3.05) is 26.2 Å². The van der Waals surface area contributed by atoms with E-state index in [1.165, 1.54) is 6.07 Å². The van der Waals surface area contributed by atoms with Crippen LogP contribution in [0.2, 0.25) is 5.02 Å². The summed E-state index contributed by atoms with van der Waals surface area (Å²) >= 11 is 7.53. The standard InChI is InChI=1S/C30H31ClF4N2O3S/c1-3-36(4-2)13-7-8-14-37(18-19-11-12-20-9-5-6-10-21(20)15-19)28(38)27-26(31)25-23(40-30(34)35)16-22(39-29(32)33)17-24(25)41-27/h5-6,9-12,15-17,29-30H,3-4,7-8,13-14,18H2,1-2H3. The maximum atomic E-state index is 13.9. The summed E-state index contributed by atoms with van der Waals surface area (Å²) < 4.78 is 61.3. The van der Waals surface area contributed by atoms with Crippen molar-refractivity contribution in [1.82, 2.24) is 9.80 Å². The molecule has 0 saturated carbocycles. The number of nitrogens with zero attached hydrogens (tertiary/aromatic N) is 2. The molecule has 0 aliphatic carbocycles. The van der Waals surface area contributed by atoms with E-state index < -0.39 is 19.0 Å². The van der Waals surface area contributed by atoms with Gasteiger partial charge in [0.15, 0.2) is 0 Å². The van der Waals surface area contributed by atoms with Crippen LogP contribution in [0.1, 0.15) is 41.9 Å². The predicted molar refractivity (Wildman–Crippen MR) is 156 cm³/mol. The molecule has 220 valence electrons. The van der Waals surface area contributed by atoms with Crippen molar-refractivity contribution in [2.24, 2.45) is 0 Å². The van der Waals surface area contributed by atoms with Crippen molar-refractivity contribution in [3.8, 4) is 11.5 Å². The molecule has 41 heavy (non-hydrogen) atoms. The van der Waals surface area contributed by atoms with Crippen molar-refractivity contribution >= 4 is 49.7 Å². The Kier molecular flexibility index (Phi) is 10.7. The highest BCUT2D eigenvalue weighted by molar-refractivity contribution is 7.21. The molecule has 3 aromatic carbocycles. The minimum Gasteiger partial charge on any atom is -0.435 e. The van der Waals surface area contributed by atoms with E-state index in [4.69, 9.17) is 11.6 Å². The average molecular weight is 611 g/mol. The number of halogens is 5. The Bertz CT molecular complexity index is 1480. The van der Waals surface area contributed by atoms with Crippen molar-refractivity contribution in [2.45, 2.75) is 46.5 Å². The molecule has 0 bridgehead atoms. The van der Waals surface area contributed by atoms with Gasteiger partial charge < -0.3 is 19.3 Å². The van der Waals surface area contributed by atoms with E-state index in [-0.39, 0.29) is 31.6 Å². The molecule has 0 radical (unpaired) electrons. The number of fused-ring (bicyclic) bond motifs is 2. The van der Waals surface area contributed by atoms with E-state index >= 15 is 0 Å². The number of hydrogen-bond donors (Lipinski definition) is 0. The highest BCUT2D eigenvalue weighted by atomic mass is 35.5. The summed E-state index contributed by atoms with van der Waals surface area (Å²) in [4.78, 5) is 18.0. The number of rotatable bonds is 14. The maximum Gasteiger partial charge on any atom is 0.387 e. The fraction of sp³-hybridized carbons (Fsp3) is 0.367. The number of benzene rings is 3. The normalized spacial score (nSPS) is 11.8. The molecular formula is C30H31ClF4N2O3S. The lowest BCUT2D eigenvalue weighted by Gasteiger charge is -2.24. The van der Waals surface area contributed by atoms with Crippen LogP contribution in [0.15, 0.2) is 54.6 Å². The first-order chi connectivity index (χ1) is 19.7. The molecular weight excluding hydrogens is 580 g/mol. The van der Waals surface area contributed by atoms with Crippen LogP contribution in [-0.2, 0) is 6.54 Å². The monoisotopic (exact) mass is 610 g/mol. The van der Waals surface area contributed by atoms with Crippen molar-refractivity contribution in [3.63, 3.8) is 0 Å². The zero-order valence-corrected chi connectivity index (χ0v) is 24.3. The van der Waals surface area contributed by atoms with Crippen LogP contribution in [0.25, 0.3) is 20.9 Å². The minimum atomic E-state index is -3.23. The molecule has 0 unspecified atom stereocenters. The molecule has 1 amide bonds. The molecule has 1 aromatic heterocycles. The lowest BCUT2D eigenvalue weighted by atomic mass is 10.1. The van der Waals surface area contributed by atoms with E-state index in [0.717, 1.165) is 66.2 Å². The number of alkyl halides is 4. The smallest absolute Gasteiger partial charge is 0.387 e. The molecule has 0 saturated heterocycles. The van der Waals surface area contributed by atoms with Gasteiger partial charge in [-0.25, -0.2) is 0 Å². The first kappa shape index (κ1) is 30.9.